The maximum atomic E-state index is 4.48. The second kappa shape index (κ2) is 5.67. The molecular weight excluding hydrogens is 264 g/mol. The van der Waals surface area contributed by atoms with E-state index in [1.54, 1.807) is 0 Å². The van der Waals surface area contributed by atoms with Crippen molar-refractivity contribution in [2.75, 3.05) is 11.9 Å². The third kappa shape index (κ3) is 3.21. The highest BCUT2D eigenvalue weighted by Gasteiger charge is 2.14. The van der Waals surface area contributed by atoms with Gasteiger partial charge in [-0.05, 0) is 47.3 Å². The quantitative estimate of drug-likeness (QED) is 0.898. The summed E-state index contributed by atoms with van der Waals surface area (Å²) in [6, 6.07) is 4.09. The molecule has 1 aromatic rings. The summed E-state index contributed by atoms with van der Waals surface area (Å²) in [4.78, 5) is 4.48. The standard InChI is InChI=1S/C13H19BrN2/c1-10-12(14)6-7-13(16-10)15-9-8-11-4-2-3-5-11/h6-7,11H,2-5,8-9H2,1H3,(H,15,16). The molecule has 0 unspecified atom stereocenters. The van der Waals surface area contributed by atoms with E-state index < -0.39 is 0 Å². The Hall–Kier alpha value is -0.570. The molecule has 1 heterocycles. The van der Waals surface area contributed by atoms with Gasteiger partial charge in [0.2, 0.25) is 0 Å². The van der Waals surface area contributed by atoms with Crippen LogP contribution in [0, 0.1) is 12.8 Å². The van der Waals surface area contributed by atoms with E-state index in [1.807, 2.05) is 13.0 Å². The fraction of sp³-hybridized carbons (Fsp3) is 0.615. The number of aromatic nitrogens is 1. The average molecular weight is 283 g/mol. The zero-order valence-electron chi connectivity index (χ0n) is 9.80. The Morgan fingerprint density at radius 3 is 2.81 bits per heavy atom. The smallest absolute Gasteiger partial charge is 0.126 e. The van der Waals surface area contributed by atoms with Crippen molar-refractivity contribution in [3.8, 4) is 0 Å². The first kappa shape index (κ1) is 11.9. The van der Waals surface area contributed by atoms with Gasteiger partial charge in [0.1, 0.15) is 5.82 Å². The molecule has 2 nitrogen and oxygen atoms in total. The van der Waals surface area contributed by atoms with Gasteiger partial charge in [-0.1, -0.05) is 25.7 Å². The van der Waals surface area contributed by atoms with Crippen LogP contribution in [0.5, 0.6) is 0 Å². The summed E-state index contributed by atoms with van der Waals surface area (Å²) in [5.74, 6) is 1.95. The predicted molar refractivity (Wildman–Crippen MR) is 71.7 cm³/mol. The van der Waals surface area contributed by atoms with Gasteiger partial charge in [-0.25, -0.2) is 4.98 Å². The van der Waals surface area contributed by atoms with Gasteiger partial charge in [0.05, 0.1) is 5.69 Å². The van der Waals surface area contributed by atoms with Gasteiger partial charge in [-0.15, -0.1) is 0 Å². The Balaban J connectivity index is 1.78. The van der Waals surface area contributed by atoms with Gasteiger partial charge in [0.15, 0.2) is 0 Å². The summed E-state index contributed by atoms with van der Waals surface area (Å²) in [6.45, 7) is 3.07. The Morgan fingerprint density at radius 2 is 2.12 bits per heavy atom. The highest BCUT2D eigenvalue weighted by Crippen LogP contribution is 2.27. The van der Waals surface area contributed by atoms with Crippen molar-refractivity contribution in [1.82, 2.24) is 4.98 Å². The van der Waals surface area contributed by atoms with Crippen LogP contribution in [-0.2, 0) is 0 Å². The van der Waals surface area contributed by atoms with Crippen LogP contribution in [-0.4, -0.2) is 11.5 Å². The zero-order valence-corrected chi connectivity index (χ0v) is 11.4. The SMILES string of the molecule is Cc1nc(NCCC2CCCC2)ccc1Br. The van der Waals surface area contributed by atoms with Crippen molar-refractivity contribution >= 4 is 21.7 Å². The zero-order chi connectivity index (χ0) is 11.4. The van der Waals surface area contributed by atoms with Crippen LogP contribution in [0.15, 0.2) is 16.6 Å². The minimum absolute atomic E-state index is 0.948. The lowest BCUT2D eigenvalue weighted by Crippen LogP contribution is -2.08. The summed E-state index contributed by atoms with van der Waals surface area (Å²) in [5, 5.41) is 3.41. The second-order valence-electron chi connectivity index (χ2n) is 4.63. The Labute approximate surface area is 106 Å². The molecule has 0 bridgehead atoms. The first-order valence-electron chi connectivity index (χ1n) is 6.13. The van der Waals surface area contributed by atoms with E-state index in [9.17, 15) is 0 Å². The van der Waals surface area contributed by atoms with Crippen LogP contribution in [0.25, 0.3) is 0 Å². The molecule has 0 spiro atoms. The van der Waals surface area contributed by atoms with Crippen molar-refractivity contribution < 1.29 is 0 Å². The number of pyridine rings is 1. The summed E-state index contributed by atoms with van der Waals surface area (Å²) in [6.07, 6.45) is 7.00. The van der Waals surface area contributed by atoms with E-state index >= 15 is 0 Å². The van der Waals surface area contributed by atoms with E-state index in [0.717, 1.165) is 28.4 Å². The predicted octanol–water partition coefficient (Wildman–Crippen LogP) is 4.14. The van der Waals surface area contributed by atoms with E-state index in [-0.39, 0.29) is 0 Å². The molecule has 1 N–H and O–H groups in total. The van der Waals surface area contributed by atoms with Gasteiger partial charge in [-0.2, -0.15) is 0 Å². The number of aryl methyl sites for hydroxylation is 1. The summed E-state index contributed by atoms with van der Waals surface area (Å²) >= 11 is 3.46. The third-order valence-electron chi connectivity index (χ3n) is 3.35. The monoisotopic (exact) mass is 282 g/mol. The van der Waals surface area contributed by atoms with Crippen LogP contribution < -0.4 is 5.32 Å². The minimum atomic E-state index is 0.948. The van der Waals surface area contributed by atoms with Crippen molar-refractivity contribution in [2.45, 2.75) is 39.0 Å². The molecule has 0 aliphatic heterocycles. The lowest BCUT2D eigenvalue weighted by molar-refractivity contribution is 0.518. The molecule has 0 amide bonds. The van der Waals surface area contributed by atoms with Crippen molar-refractivity contribution in [3.05, 3.63) is 22.3 Å². The molecule has 88 valence electrons. The molecule has 1 aromatic heterocycles. The highest BCUT2D eigenvalue weighted by molar-refractivity contribution is 9.10. The maximum Gasteiger partial charge on any atom is 0.126 e. The molecule has 0 aromatic carbocycles. The number of rotatable bonds is 4. The number of anilines is 1. The molecule has 1 aliphatic carbocycles. The molecule has 2 rings (SSSR count). The van der Waals surface area contributed by atoms with E-state index in [0.29, 0.717) is 0 Å². The number of halogens is 1. The van der Waals surface area contributed by atoms with Gasteiger partial charge in [0.25, 0.3) is 0 Å². The first-order chi connectivity index (χ1) is 7.75. The molecule has 16 heavy (non-hydrogen) atoms. The molecule has 0 atom stereocenters. The minimum Gasteiger partial charge on any atom is -0.370 e. The molecule has 0 saturated heterocycles. The summed E-state index contributed by atoms with van der Waals surface area (Å²) in [7, 11) is 0. The van der Waals surface area contributed by atoms with E-state index in [2.05, 4.69) is 32.3 Å². The lowest BCUT2D eigenvalue weighted by atomic mass is 10.0. The van der Waals surface area contributed by atoms with Crippen LogP contribution in [0.3, 0.4) is 0 Å². The van der Waals surface area contributed by atoms with Crippen molar-refractivity contribution in [1.29, 1.82) is 0 Å². The Kier molecular flexibility index (Phi) is 4.22. The van der Waals surface area contributed by atoms with E-state index in [1.165, 1.54) is 32.1 Å². The number of nitrogens with one attached hydrogen (secondary N) is 1. The third-order valence-corrected chi connectivity index (χ3v) is 4.19. The van der Waals surface area contributed by atoms with Gasteiger partial charge in [0, 0.05) is 11.0 Å². The molecule has 1 aliphatic rings. The van der Waals surface area contributed by atoms with Gasteiger partial charge >= 0.3 is 0 Å². The van der Waals surface area contributed by atoms with E-state index in [4.69, 9.17) is 0 Å². The fourth-order valence-electron chi connectivity index (χ4n) is 2.35. The number of nitrogens with zero attached hydrogens (tertiary/aromatic N) is 1. The number of hydrogen-bond acceptors (Lipinski definition) is 2. The van der Waals surface area contributed by atoms with Gasteiger partial charge < -0.3 is 5.32 Å². The Morgan fingerprint density at radius 1 is 1.38 bits per heavy atom. The molecule has 3 heteroatoms. The lowest BCUT2D eigenvalue weighted by Gasteiger charge is -2.10. The fourth-order valence-corrected chi connectivity index (χ4v) is 2.57. The highest BCUT2D eigenvalue weighted by atomic mass is 79.9. The average Bonchev–Trinajstić information content (AvgIpc) is 2.76. The summed E-state index contributed by atoms with van der Waals surface area (Å²) < 4.78 is 1.08. The molecule has 1 fully saturated rings. The second-order valence-corrected chi connectivity index (χ2v) is 5.48. The van der Waals surface area contributed by atoms with Crippen molar-refractivity contribution in [2.24, 2.45) is 5.92 Å². The van der Waals surface area contributed by atoms with Crippen LogP contribution >= 0.6 is 15.9 Å². The maximum absolute atomic E-state index is 4.48. The van der Waals surface area contributed by atoms with Crippen LogP contribution in [0.2, 0.25) is 0 Å². The topological polar surface area (TPSA) is 24.9 Å². The first-order valence-corrected chi connectivity index (χ1v) is 6.92. The normalized spacial score (nSPS) is 16.6. The van der Waals surface area contributed by atoms with Crippen LogP contribution in [0.1, 0.15) is 37.8 Å². The van der Waals surface area contributed by atoms with Crippen LogP contribution in [0.4, 0.5) is 5.82 Å². The molecular formula is C13H19BrN2. The summed E-state index contributed by atoms with van der Waals surface area (Å²) in [5.41, 5.74) is 1.05. The number of hydrogen-bond donors (Lipinski definition) is 1. The van der Waals surface area contributed by atoms with Crippen molar-refractivity contribution in [3.63, 3.8) is 0 Å². The molecule has 0 radical (unpaired) electrons. The Bertz CT molecular complexity index is 346. The molecule has 1 saturated carbocycles. The van der Waals surface area contributed by atoms with Gasteiger partial charge in [-0.3, -0.25) is 0 Å². The largest absolute Gasteiger partial charge is 0.370 e.